The van der Waals surface area contributed by atoms with E-state index < -0.39 is 23.8 Å². The Morgan fingerprint density at radius 1 is 1.29 bits per heavy atom. The van der Waals surface area contributed by atoms with Crippen LogP contribution in [0.5, 0.6) is 0 Å². The van der Waals surface area contributed by atoms with Crippen LogP contribution >= 0.6 is 11.6 Å². The lowest BCUT2D eigenvalue weighted by Gasteiger charge is -2.36. The second kappa shape index (κ2) is 9.79. The molecule has 5 nitrogen and oxygen atoms in total. The Kier molecular flexibility index (Phi) is 7.13. The number of hydrogen-bond donors (Lipinski definition) is 2. The van der Waals surface area contributed by atoms with Crippen molar-refractivity contribution in [3.05, 3.63) is 93.9 Å². The monoisotopic (exact) mass is 441 g/mol. The minimum atomic E-state index is -1.01. The summed E-state index contributed by atoms with van der Waals surface area (Å²) in [4.78, 5) is 27.7. The zero-order chi connectivity index (χ0) is 22.5. The van der Waals surface area contributed by atoms with Crippen LogP contribution in [0.3, 0.4) is 0 Å². The van der Waals surface area contributed by atoms with Gasteiger partial charge in [-0.25, -0.2) is 4.39 Å². The molecule has 0 unspecified atom stereocenters. The molecule has 0 aromatic heterocycles. The molecule has 0 bridgehead atoms. The average molecular weight is 442 g/mol. The summed E-state index contributed by atoms with van der Waals surface area (Å²) in [5, 5.41) is 3.10. The lowest BCUT2D eigenvalue weighted by atomic mass is 9.98. The van der Waals surface area contributed by atoms with Crippen LogP contribution in [0.4, 0.5) is 4.39 Å². The molecule has 162 valence electrons. The molecule has 2 aromatic carbocycles. The van der Waals surface area contributed by atoms with Crippen LogP contribution in [0.1, 0.15) is 42.1 Å². The molecule has 0 saturated heterocycles. The van der Waals surface area contributed by atoms with Gasteiger partial charge in [0.1, 0.15) is 11.9 Å². The first-order valence-corrected chi connectivity index (χ1v) is 10.4. The SMILES string of the molecule is CN/C=C\C=C(/C)C(=O)N([C@@H]1CCc2c(F)cc(Cl)cc21)[C@@H](C(N)=O)c1ccccc1. The normalized spacial score (nSPS) is 16.8. The largest absolute Gasteiger partial charge is 0.394 e. The van der Waals surface area contributed by atoms with Crippen LogP contribution in [0.2, 0.25) is 5.02 Å². The Morgan fingerprint density at radius 2 is 2.00 bits per heavy atom. The van der Waals surface area contributed by atoms with Gasteiger partial charge in [-0.15, -0.1) is 0 Å². The molecule has 2 aromatic rings. The first-order chi connectivity index (χ1) is 14.8. The number of hydrogen-bond acceptors (Lipinski definition) is 3. The van der Waals surface area contributed by atoms with Crippen molar-refractivity contribution in [2.24, 2.45) is 5.73 Å². The van der Waals surface area contributed by atoms with E-state index in [1.807, 2.05) is 6.07 Å². The van der Waals surface area contributed by atoms with Crippen molar-refractivity contribution in [1.82, 2.24) is 10.2 Å². The van der Waals surface area contributed by atoms with Crippen molar-refractivity contribution >= 4 is 23.4 Å². The van der Waals surface area contributed by atoms with Crippen LogP contribution in [0.25, 0.3) is 0 Å². The predicted molar refractivity (Wildman–Crippen MR) is 120 cm³/mol. The van der Waals surface area contributed by atoms with Crippen LogP contribution in [-0.4, -0.2) is 23.8 Å². The molecular weight excluding hydrogens is 417 g/mol. The average Bonchev–Trinajstić information content (AvgIpc) is 3.15. The van der Waals surface area contributed by atoms with Crippen molar-refractivity contribution in [1.29, 1.82) is 0 Å². The summed E-state index contributed by atoms with van der Waals surface area (Å²) in [5.41, 5.74) is 7.94. The van der Waals surface area contributed by atoms with Crippen LogP contribution < -0.4 is 11.1 Å². The molecule has 31 heavy (non-hydrogen) atoms. The topological polar surface area (TPSA) is 75.4 Å². The molecule has 1 aliphatic carbocycles. The van der Waals surface area contributed by atoms with Crippen LogP contribution in [-0.2, 0) is 16.0 Å². The van der Waals surface area contributed by atoms with Gasteiger partial charge in [0.15, 0.2) is 0 Å². The highest BCUT2D eigenvalue weighted by atomic mass is 35.5. The smallest absolute Gasteiger partial charge is 0.250 e. The van der Waals surface area contributed by atoms with E-state index in [2.05, 4.69) is 5.32 Å². The van der Waals surface area contributed by atoms with Gasteiger partial charge in [0, 0.05) is 17.6 Å². The summed E-state index contributed by atoms with van der Waals surface area (Å²) in [7, 11) is 1.75. The Labute approximate surface area is 186 Å². The van der Waals surface area contributed by atoms with E-state index in [-0.39, 0.29) is 10.9 Å². The third kappa shape index (κ3) is 4.80. The van der Waals surface area contributed by atoms with E-state index in [1.54, 1.807) is 62.7 Å². The van der Waals surface area contributed by atoms with Crippen molar-refractivity contribution in [3.63, 3.8) is 0 Å². The molecule has 0 saturated carbocycles. The Hall–Kier alpha value is -3.12. The van der Waals surface area contributed by atoms with Gasteiger partial charge in [0.25, 0.3) is 5.91 Å². The number of carbonyl (C=O) groups excluding carboxylic acids is 2. The molecule has 3 N–H and O–H groups in total. The minimum Gasteiger partial charge on any atom is -0.394 e. The van der Waals surface area contributed by atoms with Gasteiger partial charge in [-0.3, -0.25) is 9.59 Å². The van der Waals surface area contributed by atoms with Gasteiger partial charge in [-0.2, -0.15) is 0 Å². The van der Waals surface area contributed by atoms with Crippen LogP contribution in [0.15, 0.2) is 66.4 Å². The van der Waals surface area contributed by atoms with E-state index in [9.17, 15) is 14.0 Å². The number of carbonyl (C=O) groups is 2. The van der Waals surface area contributed by atoms with Crippen LogP contribution in [0, 0.1) is 5.82 Å². The lowest BCUT2D eigenvalue weighted by molar-refractivity contribution is -0.139. The summed E-state index contributed by atoms with van der Waals surface area (Å²) in [6.07, 6.45) is 5.95. The van der Waals surface area contributed by atoms with E-state index in [0.717, 1.165) is 0 Å². The number of rotatable bonds is 7. The number of primary amides is 1. The molecule has 2 atom stereocenters. The van der Waals surface area contributed by atoms with Crippen molar-refractivity contribution in [3.8, 4) is 0 Å². The molecule has 0 heterocycles. The fourth-order valence-electron chi connectivity index (χ4n) is 4.01. The second-order valence-electron chi connectivity index (χ2n) is 7.44. The Balaban J connectivity index is 2.14. The highest BCUT2D eigenvalue weighted by molar-refractivity contribution is 6.30. The molecule has 1 aliphatic rings. The highest BCUT2D eigenvalue weighted by Crippen LogP contribution is 2.43. The van der Waals surface area contributed by atoms with Crippen molar-refractivity contribution in [2.45, 2.75) is 31.8 Å². The minimum absolute atomic E-state index is 0.245. The third-order valence-electron chi connectivity index (χ3n) is 5.40. The number of amides is 2. The maximum atomic E-state index is 14.5. The maximum Gasteiger partial charge on any atom is 0.250 e. The number of nitrogens with two attached hydrogens (primary N) is 1. The quantitative estimate of drug-likeness (QED) is 0.499. The maximum absolute atomic E-state index is 14.5. The third-order valence-corrected chi connectivity index (χ3v) is 5.62. The Bertz CT molecular complexity index is 1040. The fraction of sp³-hybridized carbons (Fsp3) is 0.250. The molecule has 0 aliphatic heterocycles. The zero-order valence-corrected chi connectivity index (χ0v) is 18.2. The summed E-state index contributed by atoms with van der Waals surface area (Å²) >= 11 is 6.12. The van der Waals surface area contributed by atoms with E-state index in [1.165, 1.54) is 11.0 Å². The van der Waals surface area contributed by atoms with E-state index in [0.29, 0.717) is 35.1 Å². The zero-order valence-electron chi connectivity index (χ0n) is 17.4. The summed E-state index contributed by atoms with van der Waals surface area (Å²) in [5.74, 6) is -1.42. The molecule has 0 fully saturated rings. The van der Waals surface area contributed by atoms with Gasteiger partial charge in [-0.1, -0.05) is 48.0 Å². The van der Waals surface area contributed by atoms with Gasteiger partial charge < -0.3 is 16.0 Å². The number of fused-ring (bicyclic) bond motifs is 1. The number of nitrogens with one attached hydrogen (secondary N) is 1. The molecular formula is C24H25ClFN3O2. The number of halogens is 2. The van der Waals surface area contributed by atoms with E-state index in [4.69, 9.17) is 17.3 Å². The molecule has 3 rings (SSSR count). The van der Waals surface area contributed by atoms with Gasteiger partial charge in [-0.05, 0) is 60.9 Å². The standard InChI is InChI=1S/C24H25ClFN3O2/c1-15(7-6-12-28-2)24(31)29(22(23(27)30)16-8-4-3-5-9-16)21-11-10-18-19(21)13-17(25)14-20(18)26/h3-9,12-14,21-22,28H,10-11H2,1-2H3,(H2,27,30)/b12-6-,15-7+/t21-,22-/m1/s1. The molecule has 2 amide bonds. The van der Waals surface area contributed by atoms with Gasteiger partial charge in [0.05, 0.1) is 6.04 Å². The lowest BCUT2D eigenvalue weighted by Crippen LogP contribution is -2.43. The molecule has 7 heteroatoms. The number of benzene rings is 2. The summed E-state index contributed by atoms with van der Waals surface area (Å²) < 4.78 is 14.5. The van der Waals surface area contributed by atoms with Gasteiger partial charge in [0.2, 0.25) is 5.91 Å². The summed E-state index contributed by atoms with van der Waals surface area (Å²) in [6, 6.07) is 10.3. The first-order valence-electron chi connectivity index (χ1n) is 10.0. The number of allylic oxidation sites excluding steroid dienone is 2. The second-order valence-corrected chi connectivity index (χ2v) is 7.87. The Morgan fingerprint density at radius 3 is 2.65 bits per heavy atom. The molecule has 0 spiro atoms. The highest BCUT2D eigenvalue weighted by Gasteiger charge is 2.40. The number of nitrogens with zero attached hydrogens (tertiary/aromatic N) is 1. The first kappa shape index (κ1) is 22.6. The van der Waals surface area contributed by atoms with Gasteiger partial charge >= 0.3 is 0 Å². The van der Waals surface area contributed by atoms with E-state index >= 15 is 0 Å². The molecule has 0 radical (unpaired) electrons. The van der Waals surface area contributed by atoms with Crippen molar-refractivity contribution in [2.75, 3.05) is 7.05 Å². The summed E-state index contributed by atoms with van der Waals surface area (Å²) in [6.45, 7) is 1.67. The predicted octanol–water partition coefficient (Wildman–Crippen LogP) is 4.20. The fourth-order valence-corrected chi connectivity index (χ4v) is 4.22. The van der Waals surface area contributed by atoms with Crippen molar-refractivity contribution < 1.29 is 14.0 Å².